The van der Waals surface area contributed by atoms with E-state index >= 15 is 0 Å². The summed E-state index contributed by atoms with van der Waals surface area (Å²) in [6.45, 7) is 1.51. The molecule has 1 rings (SSSR count). The molecule has 0 bridgehead atoms. The van der Waals surface area contributed by atoms with Crippen LogP contribution in [-0.2, 0) is 0 Å². The van der Waals surface area contributed by atoms with Crippen molar-refractivity contribution >= 4 is 0 Å². The minimum Gasteiger partial charge on any atom is -0.463 e. The first-order valence-electron chi connectivity index (χ1n) is 3.22. The van der Waals surface area contributed by atoms with Crippen LogP contribution in [0.3, 0.4) is 0 Å². The summed E-state index contributed by atoms with van der Waals surface area (Å²) in [4.78, 5) is 0. The van der Waals surface area contributed by atoms with Gasteiger partial charge in [0, 0.05) is 0 Å². The van der Waals surface area contributed by atoms with Crippen LogP contribution in [0.5, 0.6) is 0 Å². The van der Waals surface area contributed by atoms with Gasteiger partial charge in [0.2, 0.25) is 6.10 Å². The van der Waals surface area contributed by atoms with Crippen LogP contribution < -0.4 is 0 Å². The van der Waals surface area contributed by atoms with Gasteiger partial charge in [0.25, 0.3) is 0 Å². The minimum atomic E-state index is -4.66. The normalized spacial score (nSPS) is 14.8. The van der Waals surface area contributed by atoms with Gasteiger partial charge in [0.1, 0.15) is 11.5 Å². The van der Waals surface area contributed by atoms with Crippen LogP contribution >= 0.6 is 0 Å². The number of alkyl halides is 3. The first-order valence-corrected chi connectivity index (χ1v) is 3.22. The molecule has 0 saturated heterocycles. The highest BCUT2D eigenvalue weighted by Crippen LogP contribution is 2.32. The number of hydrogen-bond acceptors (Lipinski definition) is 2. The number of rotatable bonds is 1. The predicted octanol–water partition coefficient (Wildman–Crippen LogP) is 2.18. The van der Waals surface area contributed by atoms with E-state index in [-0.39, 0.29) is 0 Å². The number of furan rings is 1. The van der Waals surface area contributed by atoms with Crippen molar-refractivity contribution in [3.05, 3.63) is 23.7 Å². The van der Waals surface area contributed by atoms with E-state index in [1.807, 2.05) is 0 Å². The van der Waals surface area contributed by atoms with Gasteiger partial charge in [-0.3, -0.25) is 0 Å². The topological polar surface area (TPSA) is 33.4 Å². The molecule has 1 N–H and O–H groups in total. The van der Waals surface area contributed by atoms with Crippen molar-refractivity contribution in [2.75, 3.05) is 0 Å². The number of aliphatic hydroxyl groups is 1. The van der Waals surface area contributed by atoms with Crippen molar-refractivity contribution in [2.24, 2.45) is 0 Å². The molecule has 0 radical (unpaired) electrons. The van der Waals surface area contributed by atoms with E-state index in [1.54, 1.807) is 0 Å². The zero-order valence-corrected chi connectivity index (χ0v) is 6.22. The van der Waals surface area contributed by atoms with E-state index in [0.29, 0.717) is 5.76 Å². The third-order valence-electron chi connectivity index (χ3n) is 1.34. The summed E-state index contributed by atoms with van der Waals surface area (Å²) in [5.41, 5.74) is 0. The van der Waals surface area contributed by atoms with E-state index in [1.165, 1.54) is 13.0 Å². The fourth-order valence-corrected chi connectivity index (χ4v) is 0.762. The highest BCUT2D eigenvalue weighted by molar-refractivity contribution is 5.09. The maximum absolute atomic E-state index is 11.8. The van der Waals surface area contributed by atoms with Gasteiger partial charge >= 0.3 is 6.18 Å². The van der Waals surface area contributed by atoms with Crippen molar-refractivity contribution in [2.45, 2.75) is 19.2 Å². The molecule has 0 fully saturated rings. The second kappa shape index (κ2) is 2.82. The summed E-state index contributed by atoms with van der Waals surface area (Å²) in [7, 11) is 0. The molecule has 1 unspecified atom stereocenters. The molecule has 1 aromatic heterocycles. The highest BCUT2D eigenvalue weighted by atomic mass is 19.4. The second-order valence-corrected chi connectivity index (χ2v) is 2.39. The Hall–Kier alpha value is -0.970. The number of hydrogen-bond donors (Lipinski definition) is 1. The lowest BCUT2D eigenvalue weighted by atomic mass is 10.3. The smallest absolute Gasteiger partial charge is 0.421 e. The molecule has 0 aliphatic heterocycles. The standard InChI is InChI=1S/C7H7F3O2/c1-4-2-3-5(12-4)6(11)7(8,9)10/h2-3,6,11H,1H3. The Balaban J connectivity index is 2.85. The molecular formula is C7H7F3O2. The average Bonchev–Trinajstić information content (AvgIpc) is 2.32. The van der Waals surface area contributed by atoms with E-state index < -0.39 is 18.0 Å². The van der Waals surface area contributed by atoms with Gasteiger partial charge in [-0.25, -0.2) is 0 Å². The molecule has 68 valence electrons. The maximum Gasteiger partial charge on any atom is 0.421 e. The largest absolute Gasteiger partial charge is 0.463 e. The second-order valence-electron chi connectivity index (χ2n) is 2.39. The lowest BCUT2D eigenvalue weighted by Gasteiger charge is -2.11. The van der Waals surface area contributed by atoms with Crippen LogP contribution in [0.4, 0.5) is 13.2 Å². The summed E-state index contributed by atoms with van der Waals surface area (Å²) >= 11 is 0. The molecule has 0 spiro atoms. The third-order valence-corrected chi connectivity index (χ3v) is 1.34. The van der Waals surface area contributed by atoms with Crippen molar-refractivity contribution in [3.63, 3.8) is 0 Å². The molecule has 0 aromatic carbocycles. The Bertz CT molecular complexity index is 264. The summed E-state index contributed by atoms with van der Waals surface area (Å²) in [5.74, 6) is -0.131. The monoisotopic (exact) mass is 180 g/mol. The highest BCUT2D eigenvalue weighted by Gasteiger charge is 2.41. The number of aliphatic hydroxyl groups excluding tert-OH is 1. The SMILES string of the molecule is Cc1ccc(C(O)C(F)(F)F)o1. The number of aryl methyl sites for hydroxylation is 1. The molecule has 0 amide bonds. The maximum atomic E-state index is 11.8. The van der Waals surface area contributed by atoms with Crippen LogP contribution in [0.15, 0.2) is 16.5 Å². The molecular weight excluding hydrogens is 173 g/mol. The zero-order valence-electron chi connectivity index (χ0n) is 6.22. The molecule has 0 aliphatic rings. The van der Waals surface area contributed by atoms with Gasteiger partial charge in [-0.1, -0.05) is 0 Å². The van der Waals surface area contributed by atoms with Crippen molar-refractivity contribution in [1.82, 2.24) is 0 Å². The molecule has 1 heterocycles. The Morgan fingerprint density at radius 1 is 1.42 bits per heavy atom. The van der Waals surface area contributed by atoms with Gasteiger partial charge in [-0.2, -0.15) is 13.2 Å². The lowest BCUT2D eigenvalue weighted by molar-refractivity contribution is -0.211. The van der Waals surface area contributed by atoms with Gasteiger partial charge in [0.15, 0.2) is 0 Å². The van der Waals surface area contributed by atoms with Crippen LogP contribution in [0, 0.1) is 6.92 Å². The average molecular weight is 180 g/mol. The van der Waals surface area contributed by atoms with Crippen molar-refractivity contribution in [1.29, 1.82) is 0 Å². The first-order chi connectivity index (χ1) is 5.41. The van der Waals surface area contributed by atoms with E-state index in [9.17, 15) is 13.2 Å². The summed E-state index contributed by atoms with van der Waals surface area (Å²) in [6, 6.07) is 2.47. The zero-order chi connectivity index (χ0) is 9.35. The lowest BCUT2D eigenvalue weighted by Crippen LogP contribution is -2.19. The molecule has 2 nitrogen and oxygen atoms in total. The van der Waals surface area contributed by atoms with Crippen LogP contribution in [0.1, 0.15) is 17.6 Å². The Morgan fingerprint density at radius 2 is 2.00 bits per heavy atom. The van der Waals surface area contributed by atoms with Gasteiger partial charge in [0.05, 0.1) is 0 Å². The fourth-order valence-electron chi connectivity index (χ4n) is 0.762. The van der Waals surface area contributed by atoms with E-state index in [4.69, 9.17) is 5.11 Å². The molecule has 0 saturated carbocycles. The molecule has 0 aliphatic carbocycles. The minimum absolute atomic E-state index is 0.341. The van der Waals surface area contributed by atoms with Crippen LogP contribution in [-0.4, -0.2) is 11.3 Å². The predicted molar refractivity (Wildman–Crippen MR) is 34.5 cm³/mol. The molecule has 12 heavy (non-hydrogen) atoms. The van der Waals surface area contributed by atoms with Crippen LogP contribution in [0.25, 0.3) is 0 Å². The van der Waals surface area contributed by atoms with E-state index in [2.05, 4.69) is 4.42 Å². The summed E-state index contributed by atoms with van der Waals surface area (Å²) < 4.78 is 40.1. The summed E-state index contributed by atoms with van der Waals surface area (Å²) in [5, 5.41) is 8.65. The van der Waals surface area contributed by atoms with Crippen molar-refractivity contribution < 1.29 is 22.7 Å². The fraction of sp³-hybridized carbons (Fsp3) is 0.429. The van der Waals surface area contributed by atoms with Gasteiger partial charge < -0.3 is 9.52 Å². The Kier molecular flexibility index (Phi) is 2.14. The summed E-state index contributed by atoms with van der Waals surface area (Å²) in [6.07, 6.45) is -7.18. The molecule has 1 atom stereocenters. The molecule has 1 aromatic rings. The Morgan fingerprint density at radius 3 is 2.33 bits per heavy atom. The Labute approximate surface area is 66.6 Å². The van der Waals surface area contributed by atoms with Gasteiger partial charge in [-0.15, -0.1) is 0 Å². The quantitative estimate of drug-likeness (QED) is 0.718. The van der Waals surface area contributed by atoms with E-state index in [0.717, 1.165) is 6.07 Å². The van der Waals surface area contributed by atoms with Crippen molar-refractivity contribution in [3.8, 4) is 0 Å². The van der Waals surface area contributed by atoms with Gasteiger partial charge in [-0.05, 0) is 19.1 Å². The number of halogens is 3. The first kappa shape index (κ1) is 9.12. The molecule has 5 heteroatoms. The third kappa shape index (κ3) is 1.79. The van der Waals surface area contributed by atoms with Crippen LogP contribution in [0.2, 0.25) is 0 Å².